The fraction of sp³-hybridized carbons (Fsp3) is 0.385. The summed E-state index contributed by atoms with van der Waals surface area (Å²) in [5, 5.41) is 3.28. The van der Waals surface area contributed by atoms with Crippen molar-refractivity contribution in [2.24, 2.45) is 5.73 Å². The quantitative estimate of drug-likeness (QED) is 0.819. The van der Waals surface area contributed by atoms with Crippen LogP contribution in [-0.4, -0.2) is 22.5 Å². The molecule has 0 aliphatic carbocycles. The highest BCUT2D eigenvalue weighted by Gasteiger charge is 2.26. The highest BCUT2D eigenvalue weighted by atomic mass is 35.5. The number of thiocarbonyl (C=S) groups is 1. The van der Waals surface area contributed by atoms with Crippen molar-refractivity contribution in [1.29, 1.82) is 0 Å². The molecule has 0 aliphatic heterocycles. The Morgan fingerprint density at radius 3 is 2.68 bits per heavy atom. The summed E-state index contributed by atoms with van der Waals surface area (Å²) < 4.78 is 5.50. The van der Waals surface area contributed by atoms with Crippen molar-refractivity contribution in [2.75, 3.05) is 0 Å². The lowest BCUT2D eigenvalue weighted by molar-refractivity contribution is -0.128. The molecule has 1 aromatic carbocycles. The number of benzene rings is 1. The van der Waals surface area contributed by atoms with Crippen molar-refractivity contribution >= 4 is 34.7 Å². The normalized spacial score (nSPS) is 12.6. The zero-order chi connectivity index (χ0) is 14.6. The van der Waals surface area contributed by atoms with Crippen LogP contribution in [-0.2, 0) is 4.79 Å². The second-order valence-corrected chi connectivity index (χ2v) is 5.57. The highest BCUT2D eigenvalue weighted by Crippen LogP contribution is 2.18. The Morgan fingerprint density at radius 2 is 2.16 bits per heavy atom. The first-order valence-electron chi connectivity index (χ1n) is 5.76. The maximum absolute atomic E-state index is 12.0. The van der Waals surface area contributed by atoms with Crippen LogP contribution in [0, 0.1) is 0 Å². The molecule has 1 aromatic rings. The van der Waals surface area contributed by atoms with Crippen molar-refractivity contribution in [1.82, 2.24) is 5.32 Å². The van der Waals surface area contributed by atoms with Gasteiger partial charge in [0.25, 0.3) is 5.91 Å². The first-order valence-corrected chi connectivity index (χ1v) is 6.55. The molecule has 0 aliphatic rings. The van der Waals surface area contributed by atoms with E-state index in [1.54, 1.807) is 45.0 Å². The lowest BCUT2D eigenvalue weighted by atomic mass is 10.1. The number of carbonyl (C=O) groups excluding carboxylic acids is 1. The fourth-order valence-electron chi connectivity index (χ4n) is 1.27. The zero-order valence-corrected chi connectivity index (χ0v) is 12.6. The number of rotatable bonds is 5. The molecule has 0 spiro atoms. The highest BCUT2D eigenvalue weighted by molar-refractivity contribution is 7.80. The summed E-state index contributed by atoms with van der Waals surface area (Å²) in [6.07, 6.45) is -0.674. The molecular formula is C13H17ClN2O2S. The van der Waals surface area contributed by atoms with Crippen LogP contribution < -0.4 is 15.8 Å². The van der Waals surface area contributed by atoms with Gasteiger partial charge in [-0.2, -0.15) is 0 Å². The number of hydrogen-bond donors (Lipinski definition) is 2. The van der Waals surface area contributed by atoms with Gasteiger partial charge in [-0.15, -0.1) is 0 Å². The summed E-state index contributed by atoms with van der Waals surface area (Å²) in [4.78, 5) is 12.2. The van der Waals surface area contributed by atoms with E-state index < -0.39 is 11.6 Å². The zero-order valence-electron chi connectivity index (χ0n) is 11.1. The summed E-state index contributed by atoms with van der Waals surface area (Å²) >= 11 is 10.7. The van der Waals surface area contributed by atoms with E-state index in [0.29, 0.717) is 10.8 Å². The summed E-state index contributed by atoms with van der Waals surface area (Å²) in [6.45, 7) is 5.12. The van der Waals surface area contributed by atoms with Gasteiger partial charge in [0.15, 0.2) is 6.10 Å². The summed E-state index contributed by atoms with van der Waals surface area (Å²) in [7, 11) is 0. The minimum atomic E-state index is -0.752. The Balaban J connectivity index is 2.66. The minimum absolute atomic E-state index is 0.218. The molecule has 0 heterocycles. The van der Waals surface area contributed by atoms with Crippen LogP contribution in [0.15, 0.2) is 24.3 Å². The van der Waals surface area contributed by atoms with Crippen molar-refractivity contribution in [3.63, 3.8) is 0 Å². The van der Waals surface area contributed by atoms with Crippen LogP contribution in [0.3, 0.4) is 0 Å². The molecule has 0 fully saturated rings. The largest absolute Gasteiger partial charge is 0.481 e. The molecule has 19 heavy (non-hydrogen) atoms. The summed E-state index contributed by atoms with van der Waals surface area (Å²) in [5.41, 5.74) is 4.80. The standard InChI is InChI=1S/C13H17ClN2O2S/c1-8(11(17)16-13(2,3)12(15)19)18-10-6-4-5-9(14)7-10/h4-8H,1-3H3,(H2,15,19)(H,16,17). The van der Waals surface area contributed by atoms with Gasteiger partial charge < -0.3 is 15.8 Å². The van der Waals surface area contributed by atoms with Gasteiger partial charge in [-0.05, 0) is 39.0 Å². The molecule has 0 radical (unpaired) electrons. The van der Waals surface area contributed by atoms with Crippen molar-refractivity contribution in [3.8, 4) is 5.75 Å². The number of ether oxygens (including phenoxy) is 1. The van der Waals surface area contributed by atoms with Crippen molar-refractivity contribution in [3.05, 3.63) is 29.3 Å². The average Bonchev–Trinajstić information content (AvgIpc) is 2.28. The van der Waals surface area contributed by atoms with Crippen LogP contribution >= 0.6 is 23.8 Å². The number of halogens is 1. The van der Waals surface area contributed by atoms with E-state index >= 15 is 0 Å². The molecule has 1 rings (SSSR count). The molecule has 1 unspecified atom stereocenters. The van der Waals surface area contributed by atoms with E-state index in [4.69, 9.17) is 34.3 Å². The second kappa shape index (κ2) is 6.21. The number of nitrogens with two attached hydrogens (primary N) is 1. The number of amides is 1. The van der Waals surface area contributed by atoms with Crippen molar-refractivity contribution < 1.29 is 9.53 Å². The fourth-order valence-corrected chi connectivity index (χ4v) is 1.50. The third kappa shape index (κ3) is 4.69. The van der Waals surface area contributed by atoms with E-state index in [-0.39, 0.29) is 10.9 Å². The molecule has 0 bridgehead atoms. The predicted molar refractivity (Wildman–Crippen MR) is 80.5 cm³/mol. The Bertz CT molecular complexity index is 491. The smallest absolute Gasteiger partial charge is 0.261 e. The monoisotopic (exact) mass is 300 g/mol. The van der Waals surface area contributed by atoms with Crippen LogP contribution in [0.2, 0.25) is 5.02 Å². The van der Waals surface area contributed by atoms with Crippen LogP contribution in [0.25, 0.3) is 0 Å². The Morgan fingerprint density at radius 1 is 1.53 bits per heavy atom. The molecule has 1 amide bonds. The van der Waals surface area contributed by atoms with E-state index in [9.17, 15) is 4.79 Å². The number of nitrogens with one attached hydrogen (secondary N) is 1. The van der Waals surface area contributed by atoms with Gasteiger partial charge in [0, 0.05) is 5.02 Å². The molecule has 0 saturated heterocycles. The Kier molecular flexibility index (Phi) is 5.14. The van der Waals surface area contributed by atoms with Crippen molar-refractivity contribution in [2.45, 2.75) is 32.4 Å². The average molecular weight is 301 g/mol. The Hall–Kier alpha value is -1.33. The van der Waals surface area contributed by atoms with Gasteiger partial charge >= 0.3 is 0 Å². The third-order valence-corrected chi connectivity index (χ3v) is 3.28. The van der Waals surface area contributed by atoms with Gasteiger partial charge in [-0.3, -0.25) is 4.79 Å². The van der Waals surface area contributed by atoms with Crippen LogP contribution in [0.5, 0.6) is 5.75 Å². The summed E-state index contributed by atoms with van der Waals surface area (Å²) in [5.74, 6) is 0.237. The van der Waals surface area contributed by atoms with E-state index in [1.165, 1.54) is 0 Å². The molecule has 4 nitrogen and oxygen atoms in total. The van der Waals surface area contributed by atoms with E-state index in [2.05, 4.69) is 5.32 Å². The summed E-state index contributed by atoms with van der Waals surface area (Å²) in [6, 6.07) is 6.86. The first kappa shape index (κ1) is 15.7. The molecular weight excluding hydrogens is 284 g/mol. The molecule has 104 valence electrons. The SMILES string of the molecule is CC(Oc1cccc(Cl)c1)C(=O)NC(C)(C)C(N)=S. The minimum Gasteiger partial charge on any atom is -0.481 e. The van der Waals surface area contributed by atoms with Gasteiger partial charge in [0.2, 0.25) is 0 Å². The number of hydrogen-bond acceptors (Lipinski definition) is 3. The van der Waals surface area contributed by atoms with Crippen LogP contribution in [0.4, 0.5) is 0 Å². The van der Waals surface area contributed by atoms with Gasteiger partial charge in [-0.25, -0.2) is 0 Å². The maximum atomic E-state index is 12.0. The third-order valence-electron chi connectivity index (χ3n) is 2.53. The van der Waals surface area contributed by atoms with E-state index in [1.807, 2.05) is 0 Å². The molecule has 1 atom stereocenters. The molecule has 3 N–H and O–H groups in total. The molecule has 0 aromatic heterocycles. The maximum Gasteiger partial charge on any atom is 0.261 e. The second-order valence-electron chi connectivity index (χ2n) is 4.70. The van der Waals surface area contributed by atoms with Gasteiger partial charge in [-0.1, -0.05) is 29.9 Å². The Labute approximate surface area is 123 Å². The lowest BCUT2D eigenvalue weighted by Crippen LogP contribution is -2.55. The molecule has 6 heteroatoms. The first-order chi connectivity index (χ1) is 8.72. The van der Waals surface area contributed by atoms with Crippen LogP contribution in [0.1, 0.15) is 20.8 Å². The number of carbonyl (C=O) groups is 1. The molecule has 0 saturated carbocycles. The topological polar surface area (TPSA) is 64.3 Å². The predicted octanol–water partition coefficient (Wildman–Crippen LogP) is 2.29. The van der Waals surface area contributed by atoms with Gasteiger partial charge in [0.05, 0.1) is 10.5 Å². The van der Waals surface area contributed by atoms with Gasteiger partial charge in [0.1, 0.15) is 5.75 Å². The lowest BCUT2D eigenvalue weighted by Gasteiger charge is -2.26. The van der Waals surface area contributed by atoms with E-state index in [0.717, 1.165) is 0 Å².